The molecular formula is C18H26ClN3O3. The van der Waals surface area contributed by atoms with Crippen molar-refractivity contribution in [2.45, 2.75) is 25.8 Å². The summed E-state index contributed by atoms with van der Waals surface area (Å²) in [6.07, 6.45) is 2.08. The van der Waals surface area contributed by atoms with Gasteiger partial charge in [0.15, 0.2) is 0 Å². The van der Waals surface area contributed by atoms with Crippen LogP contribution in [0, 0.1) is 5.41 Å². The van der Waals surface area contributed by atoms with E-state index in [0.29, 0.717) is 39.1 Å². The summed E-state index contributed by atoms with van der Waals surface area (Å²) in [6.45, 7) is 2.71. The number of amides is 2. The first kappa shape index (κ1) is 19.7. The van der Waals surface area contributed by atoms with Crippen molar-refractivity contribution in [3.05, 3.63) is 35.4 Å². The van der Waals surface area contributed by atoms with Gasteiger partial charge in [0.25, 0.3) is 0 Å². The number of carbonyl (C=O) groups excluding carboxylic acids is 2. The lowest BCUT2D eigenvalue weighted by atomic mass is 9.79. The Bertz CT molecular complexity index is 617. The van der Waals surface area contributed by atoms with E-state index >= 15 is 0 Å². The number of ether oxygens (including phenoxy) is 1. The van der Waals surface area contributed by atoms with Gasteiger partial charge in [0, 0.05) is 32.8 Å². The number of halogens is 1. The third kappa shape index (κ3) is 4.32. The summed E-state index contributed by atoms with van der Waals surface area (Å²) in [5.41, 5.74) is 7.73. The molecule has 6 nitrogen and oxygen atoms in total. The van der Waals surface area contributed by atoms with Crippen molar-refractivity contribution in [3.8, 4) is 0 Å². The molecule has 0 aliphatic carbocycles. The number of nitrogens with zero attached hydrogens (tertiary/aromatic N) is 1. The SMILES string of the molecule is Cl.NCC1(C(=O)NCC(=O)N2CCc3ccccc3C2)CCOCC1. The van der Waals surface area contributed by atoms with E-state index in [4.69, 9.17) is 10.5 Å². The van der Waals surface area contributed by atoms with E-state index in [-0.39, 0.29) is 37.3 Å². The summed E-state index contributed by atoms with van der Waals surface area (Å²) in [6, 6.07) is 8.18. The van der Waals surface area contributed by atoms with E-state index in [9.17, 15) is 9.59 Å². The summed E-state index contributed by atoms with van der Waals surface area (Å²) in [4.78, 5) is 26.8. The van der Waals surface area contributed by atoms with E-state index in [0.717, 1.165) is 6.42 Å². The first-order valence-electron chi connectivity index (χ1n) is 8.55. The van der Waals surface area contributed by atoms with Crippen LogP contribution in [0.5, 0.6) is 0 Å². The third-order valence-corrected chi connectivity index (χ3v) is 5.21. The van der Waals surface area contributed by atoms with Crippen LogP contribution < -0.4 is 11.1 Å². The van der Waals surface area contributed by atoms with Crippen molar-refractivity contribution >= 4 is 24.2 Å². The van der Waals surface area contributed by atoms with Crippen LogP contribution in [0.4, 0.5) is 0 Å². The Morgan fingerprint density at radius 3 is 2.56 bits per heavy atom. The average molecular weight is 368 g/mol. The largest absolute Gasteiger partial charge is 0.381 e. The second-order valence-corrected chi connectivity index (χ2v) is 6.61. The number of benzene rings is 1. The molecule has 1 fully saturated rings. The van der Waals surface area contributed by atoms with Crippen LogP contribution in [0.15, 0.2) is 24.3 Å². The Labute approximate surface area is 154 Å². The van der Waals surface area contributed by atoms with Gasteiger partial charge in [0.05, 0.1) is 12.0 Å². The van der Waals surface area contributed by atoms with Crippen molar-refractivity contribution in [1.29, 1.82) is 0 Å². The first-order valence-corrected chi connectivity index (χ1v) is 8.55. The molecule has 1 saturated heterocycles. The van der Waals surface area contributed by atoms with Gasteiger partial charge in [-0.3, -0.25) is 9.59 Å². The van der Waals surface area contributed by atoms with Crippen LogP contribution >= 0.6 is 12.4 Å². The molecule has 138 valence electrons. The number of nitrogens with one attached hydrogen (secondary N) is 1. The van der Waals surface area contributed by atoms with Crippen LogP contribution in [0.1, 0.15) is 24.0 Å². The molecule has 0 unspecified atom stereocenters. The monoisotopic (exact) mass is 367 g/mol. The predicted octanol–water partition coefficient (Wildman–Crippen LogP) is 0.865. The molecule has 0 aromatic heterocycles. The molecule has 0 bridgehead atoms. The minimum absolute atomic E-state index is 0. The molecule has 1 aromatic carbocycles. The summed E-state index contributed by atoms with van der Waals surface area (Å²) in [5, 5.41) is 2.80. The minimum Gasteiger partial charge on any atom is -0.381 e. The fourth-order valence-electron chi connectivity index (χ4n) is 3.45. The highest BCUT2D eigenvalue weighted by atomic mass is 35.5. The normalized spacial score (nSPS) is 18.7. The fourth-order valence-corrected chi connectivity index (χ4v) is 3.45. The molecule has 3 N–H and O–H groups in total. The highest BCUT2D eigenvalue weighted by Gasteiger charge is 2.39. The lowest BCUT2D eigenvalue weighted by Gasteiger charge is -2.35. The molecule has 2 amide bonds. The molecule has 2 aliphatic rings. The van der Waals surface area contributed by atoms with E-state index in [1.165, 1.54) is 11.1 Å². The zero-order valence-corrected chi connectivity index (χ0v) is 15.1. The Morgan fingerprint density at radius 1 is 1.20 bits per heavy atom. The standard InChI is InChI=1S/C18H25N3O3.ClH/c19-13-18(6-9-24-10-7-18)17(23)20-11-16(22)21-8-5-14-3-1-2-4-15(14)12-21;/h1-4H,5-13,19H2,(H,20,23);1H. The number of nitrogens with two attached hydrogens (primary N) is 1. The molecule has 2 heterocycles. The highest BCUT2D eigenvalue weighted by Crippen LogP contribution is 2.29. The van der Waals surface area contributed by atoms with Gasteiger partial charge in [0.2, 0.25) is 11.8 Å². The van der Waals surface area contributed by atoms with E-state index in [2.05, 4.69) is 17.4 Å². The molecule has 7 heteroatoms. The molecular weight excluding hydrogens is 342 g/mol. The minimum atomic E-state index is -0.590. The Morgan fingerprint density at radius 2 is 1.88 bits per heavy atom. The number of hydrogen-bond acceptors (Lipinski definition) is 4. The molecule has 0 atom stereocenters. The van der Waals surface area contributed by atoms with Gasteiger partial charge >= 0.3 is 0 Å². The quantitative estimate of drug-likeness (QED) is 0.826. The molecule has 0 radical (unpaired) electrons. The van der Waals surface area contributed by atoms with Gasteiger partial charge in [-0.05, 0) is 30.4 Å². The first-order chi connectivity index (χ1) is 11.6. The topological polar surface area (TPSA) is 84.7 Å². The van der Waals surface area contributed by atoms with Crippen LogP contribution in [-0.4, -0.2) is 49.6 Å². The second-order valence-electron chi connectivity index (χ2n) is 6.61. The third-order valence-electron chi connectivity index (χ3n) is 5.21. The smallest absolute Gasteiger partial charge is 0.242 e. The highest BCUT2D eigenvalue weighted by molar-refractivity contribution is 5.88. The number of fused-ring (bicyclic) bond motifs is 1. The number of hydrogen-bond donors (Lipinski definition) is 2. The number of carbonyl (C=O) groups is 2. The predicted molar refractivity (Wildman–Crippen MR) is 97.4 cm³/mol. The molecule has 25 heavy (non-hydrogen) atoms. The van der Waals surface area contributed by atoms with Gasteiger partial charge in [-0.1, -0.05) is 24.3 Å². The van der Waals surface area contributed by atoms with E-state index in [1.54, 1.807) is 0 Å². The summed E-state index contributed by atoms with van der Waals surface area (Å²) in [7, 11) is 0. The van der Waals surface area contributed by atoms with Crippen molar-refractivity contribution in [2.75, 3.05) is 32.8 Å². The average Bonchev–Trinajstić information content (AvgIpc) is 2.65. The molecule has 1 aromatic rings. The Hall–Kier alpha value is -1.63. The maximum Gasteiger partial charge on any atom is 0.242 e. The van der Waals surface area contributed by atoms with Gasteiger partial charge < -0.3 is 20.7 Å². The molecule has 3 rings (SSSR count). The zero-order chi connectivity index (χ0) is 17.0. The lowest BCUT2D eigenvalue weighted by Crippen LogP contribution is -2.51. The van der Waals surface area contributed by atoms with Gasteiger partial charge in [0.1, 0.15) is 0 Å². The Kier molecular flexibility index (Phi) is 6.81. The van der Waals surface area contributed by atoms with Crippen LogP contribution in [0.3, 0.4) is 0 Å². The van der Waals surface area contributed by atoms with Gasteiger partial charge in [-0.25, -0.2) is 0 Å². The lowest BCUT2D eigenvalue weighted by molar-refractivity contribution is -0.139. The molecule has 2 aliphatic heterocycles. The van der Waals surface area contributed by atoms with Gasteiger partial charge in [-0.2, -0.15) is 0 Å². The van der Waals surface area contributed by atoms with Crippen molar-refractivity contribution in [1.82, 2.24) is 10.2 Å². The Balaban J connectivity index is 0.00000225. The summed E-state index contributed by atoms with van der Waals surface area (Å²) >= 11 is 0. The van der Waals surface area contributed by atoms with E-state index in [1.807, 2.05) is 17.0 Å². The fraction of sp³-hybridized carbons (Fsp3) is 0.556. The second kappa shape index (κ2) is 8.65. The molecule has 0 saturated carbocycles. The van der Waals surface area contributed by atoms with E-state index < -0.39 is 5.41 Å². The van der Waals surface area contributed by atoms with Gasteiger partial charge in [-0.15, -0.1) is 12.4 Å². The summed E-state index contributed by atoms with van der Waals surface area (Å²) < 4.78 is 5.32. The van der Waals surface area contributed by atoms with Crippen LogP contribution in [0.25, 0.3) is 0 Å². The maximum atomic E-state index is 12.5. The van der Waals surface area contributed by atoms with Crippen molar-refractivity contribution < 1.29 is 14.3 Å². The maximum absolute atomic E-state index is 12.5. The summed E-state index contributed by atoms with van der Waals surface area (Å²) in [5.74, 6) is -0.170. The van der Waals surface area contributed by atoms with Crippen LogP contribution in [0.2, 0.25) is 0 Å². The zero-order valence-electron chi connectivity index (χ0n) is 14.3. The number of rotatable bonds is 4. The van der Waals surface area contributed by atoms with Crippen molar-refractivity contribution in [2.24, 2.45) is 11.1 Å². The van der Waals surface area contributed by atoms with Crippen LogP contribution in [-0.2, 0) is 27.3 Å². The van der Waals surface area contributed by atoms with Crippen molar-refractivity contribution in [3.63, 3.8) is 0 Å². The molecule has 0 spiro atoms.